The summed E-state index contributed by atoms with van der Waals surface area (Å²) in [4.78, 5) is 13.9. The van der Waals surface area contributed by atoms with Crippen LogP contribution >= 0.6 is 0 Å². The van der Waals surface area contributed by atoms with Gasteiger partial charge in [-0.15, -0.1) is 0 Å². The molecule has 3 rings (SSSR count). The van der Waals surface area contributed by atoms with Crippen molar-refractivity contribution in [3.8, 4) is 0 Å². The van der Waals surface area contributed by atoms with E-state index in [4.69, 9.17) is 4.42 Å². The molecule has 0 aliphatic carbocycles. The number of hydrogen-bond acceptors (Lipinski definition) is 4. The summed E-state index contributed by atoms with van der Waals surface area (Å²) in [5, 5.41) is 0. The van der Waals surface area contributed by atoms with Gasteiger partial charge in [-0.05, 0) is 48.7 Å². The van der Waals surface area contributed by atoms with Crippen LogP contribution in [0.1, 0.15) is 16.7 Å². The minimum Gasteiger partial charge on any atom is -0.408 e. The molecule has 6 nitrogen and oxygen atoms in total. The molecule has 2 N–H and O–H groups in total. The van der Waals surface area contributed by atoms with Crippen LogP contribution in [0.2, 0.25) is 0 Å². The van der Waals surface area contributed by atoms with Gasteiger partial charge in [0.05, 0.1) is 10.4 Å². The van der Waals surface area contributed by atoms with Crippen LogP contribution in [0.15, 0.2) is 50.5 Å². The van der Waals surface area contributed by atoms with E-state index in [1.54, 1.807) is 37.3 Å². The first-order chi connectivity index (χ1) is 10.8. The zero-order chi connectivity index (χ0) is 16.6. The Balaban J connectivity index is 1.85. The van der Waals surface area contributed by atoms with Crippen LogP contribution in [0, 0.1) is 13.8 Å². The molecule has 2 aromatic carbocycles. The van der Waals surface area contributed by atoms with Gasteiger partial charge in [0.25, 0.3) is 0 Å². The van der Waals surface area contributed by atoms with E-state index < -0.39 is 15.8 Å². The third kappa shape index (κ3) is 3.20. The highest BCUT2D eigenvalue weighted by molar-refractivity contribution is 7.89. The fourth-order valence-electron chi connectivity index (χ4n) is 2.35. The molecule has 0 fully saturated rings. The van der Waals surface area contributed by atoms with Crippen LogP contribution in [-0.4, -0.2) is 13.4 Å². The maximum absolute atomic E-state index is 12.5. The van der Waals surface area contributed by atoms with E-state index in [1.807, 2.05) is 13.0 Å². The summed E-state index contributed by atoms with van der Waals surface area (Å²) in [5.74, 6) is -0.534. The van der Waals surface area contributed by atoms with Gasteiger partial charge in [0, 0.05) is 6.54 Å². The van der Waals surface area contributed by atoms with E-state index in [-0.39, 0.29) is 11.4 Å². The first-order valence-corrected chi connectivity index (χ1v) is 8.52. The van der Waals surface area contributed by atoms with Crippen LogP contribution < -0.4 is 10.5 Å². The van der Waals surface area contributed by atoms with Crippen LogP contribution in [0.5, 0.6) is 0 Å². The molecule has 0 atom stereocenters. The van der Waals surface area contributed by atoms with Crippen molar-refractivity contribution in [3.05, 3.63) is 63.6 Å². The molecular weight excluding hydrogens is 316 g/mol. The van der Waals surface area contributed by atoms with E-state index in [0.29, 0.717) is 22.2 Å². The van der Waals surface area contributed by atoms with Crippen molar-refractivity contribution < 1.29 is 12.8 Å². The number of rotatable bonds is 4. The number of sulfonamides is 1. The standard InChI is InChI=1S/C16H16N2O4S/c1-10-3-4-11(2)15(7-10)23(20,21)17-9-12-5-6-13-14(8-12)22-16(19)18-13/h3-8,17H,9H2,1-2H3,(H,18,19). The Kier molecular flexibility index (Phi) is 3.83. The topological polar surface area (TPSA) is 92.2 Å². The number of fused-ring (bicyclic) bond motifs is 1. The summed E-state index contributed by atoms with van der Waals surface area (Å²) >= 11 is 0. The van der Waals surface area contributed by atoms with Crippen molar-refractivity contribution in [1.29, 1.82) is 0 Å². The van der Waals surface area contributed by atoms with E-state index in [2.05, 4.69) is 9.71 Å². The lowest BCUT2D eigenvalue weighted by Gasteiger charge is -2.10. The van der Waals surface area contributed by atoms with Crippen LogP contribution in [0.4, 0.5) is 0 Å². The number of hydrogen-bond donors (Lipinski definition) is 2. The van der Waals surface area contributed by atoms with Crippen LogP contribution in [0.25, 0.3) is 11.1 Å². The average molecular weight is 332 g/mol. The summed E-state index contributed by atoms with van der Waals surface area (Å²) in [6, 6.07) is 10.4. The number of H-pyrrole nitrogens is 1. The summed E-state index contributed by atoms with van der Waals surface area (Å²) in [6.07, 6.45) is 0. The fraction of sp³-hybridized carbons (Fsp3) is 0.188. The largest absolute Gasteiger partial charge is 0.417 e. The normalized spacial score (nSPS) is 11.9. The lowest BCUT2D eigenvalue weighted by Crippen LogP contribution is -2.24. The minimum absolute atomic E-state index is 0.112. The molecule has 0 aliphatic heterocycles. The Morgan fingerprint density at radius 1 is 1.13 bits per heavy atom. The SMILES string of the molecule is Cc1ccc(C)c(S(=O)(=O)NCc2ccc3[nH]c(=O)oc3c2)c1. The molecule has 3 aromatic rings. The van der Waals surface area contributed by atoms with Crippen LogP contribution in [0.3, 0.4) is 0 Å². The Bertz CT molecular complexity index is 1030. The summed E-state index contributed by atoms with van der Waals surface area (Å²) in [5.41, 5.74) is 3.25. The van der Waals surface area contributed by atoms with Gasteiger partial charge in [-0.3, -0.25) is 4.98 Å². The Labute approximate surface area is 133 Å². The van der Waals surface area contributed by atoms with Crippen molar-refractivity contribution in [2.45, 2.75) is 25.3 Å². The van der Waals surface area contributed by atoms with Crippen molar-refractivity contribution in [3.63, 3.8) is 0 Å². The van der Waals surface area contributed by atoms with E-state index in [9.17, 15) is 13.2 Å². The van der Waals surface area contributed by atoms with E-state index >= 15 is 0 Å². The molecular formula is C16H16N2O4S. The summed E-state index contributed by atoms with van der Waals surface area (Å²) in [6.45, 7) is 3.72. The molecule has 120 valence electrons. The Hall–Kier alpha value is -2.38. The molecule has 7 heteroatoms. The second-order valence-corrected chi connectivity index (χ2v) is 7.17. The number of nitrogens with one attached hydrogen (secondary N) is 2. The lowest BCUT2D eigenvalue weighted by atomic mass is 10.2. The van der Waals surface area contributed by atoms with Crippen molar-refractivity contribution in [2.75, 3.05) is 0 Å². The molecule has 0 amide bonds. The summed E-state index contributed by atoms with van der Waals surface area (Å²) < 4.78 is 32.5. The van der Waals surface area contributed by atoms with Gasteiger partial charge in [-0.25, -0.2) is 17.9 Å². The first kappa shape index (κ1) is 15.5. The van der Waals surface area contributed by atoms with E-state index in [1.165, 1.54) is 0 Å². The molecule has 1 aromatic heterocycles. The number of oxazole rings is 1. The van der Waals surface area contributed by atoms with Crippen LogP contribution in [-0.2, 0) is 16.6 Å². The predicted molar refractivity (Wildman–Crippen MR) is 86.8 cm³/mol. The Morgan fingerprint density at radius 2 is 1.91 bits per heavy atom. The summed E-state index contributed by atoms with van der Waals surface area (Å²) in [7, 11) is -3.61. The average Bonchev–Trinajstić information content (AvgIpc) is 2.87. The van der Waals surface area contributed by atoms with Crippen molar-refractivity contribution >= 4 is 21.1 Å². The molecule has 1 heterocycles. The monoisotopic (exact) mass is 332 g/mol. The second kappa shape index (κ2) is 5.68. The third-order valence-electron chi connectivity index (χ3n) is 3.58. The highest BCUT2D eigenvalue weighted by atomic mass is 32.2. The first-order valence-electron chi connectivity index (χ1n) is 7.04. The third-order valence-corrected chi connectivity index (χ3v) is 5.13. The maximum atomic E-state index is 12.5. The molecule has 0 saturated carbocycles. The van der Waals surface area contributed by atoms with Gasteiger partial charge in [-0.2, -0.15) is 0 Å². The second-order valence-electron chi connectivity index (χ2n) is 5.44. The smallest absolute Gasteiger partial charge is 0.408 e. The van der Waals surface area contributed by atoms with Gasteiger partial charge in [0.2, 0.25) is 10.0 Å². The zero-order valence-corrected chi connectivity index (χ0v) is 13.5. The molecule has 0 aliphatic rings. The van der Waals surface area contributed by atoms with Gasteiger partial charge in [0.1, 0.15) is 0 Å². The predicted octanol–water partition coefficient (Wildman–Crippen LogP) is 2.22. The number of benzene rings is 2. The molecule has 0 unspecified atom stereocenters. The Morgan fingerprint density at radius 3 is 2.70 bits per heavy atom. The van der Waals surface area contributed by atoms with Crippen molar-refractivity contribution in [2.24, 2.45) is 0 Å². The lowest BCUT2D eigenvalue weighted by molar-refractivity contribution is 0.554. The van der Waals surface area contributed by atoms with Gasteiger partial charge < -0.3 is 4.42 Å². The van der Waals surface area contributed by atoms with Crippen molar-refractivity contribution in [1.82, 2.24) is 9.71 Å². The highest BCUT2D eigenvalue weighted by Crippen LogP contribution is 2.18. The highest BCUT2D eigenvalue weighted by Gasteiger charge is 2.16. The van der Waals surface area contributed by atoms with E-state index in [0.717, 1.165) is 5.56 Å². The van der Waals surface area contributed by atoms with Gasteiger partial charge in [0.15, 0.2) is 5.58 Å². The quantitative estimate of drug-likeness (QED) is 0.766. The minimum atomic E-state index is -3.61. The number of aromatic nitrogens is 1. The zero-order valence-electron chi connectivity index (χ0n) is 12.7. The van der Waals surface area contributed by atoms with Gasteiger partial charge >= 0.3 is 5.76 Å². The molecule has 0 saturated heterocycles. The molecule has 0 radical (unpaired) electrons. The maximum Gasteiger partial charge on any atom is 0.417 e. The fourth-order valence-corrected chi connectivity index (χ4v) is 3.70. The number of aryl methyl sites for hydroxylation is 2. The molecule has 0 bridgehead atoms. The molecule has 0 spiro atoms. The van der Waals surface area contributed by atoms with Gasteiger partial charge in [-0.1, -0.05) is 18.2 Å². The molecule has 23 heavy (non-hydrogen) atoms. The number of aromatic amines is 1.